The molecule has 1 aliphatic heterocycles. The predicted octanol–water partition coefficient (Wildman–Crippen LogP) is 4.20. The molecule has 3 heteroatoms. The lowest BCUT2D eigenvalue weighted by atomic mass is 9.91. The van der Waals surface area contributed by atoms with Gasteiger partial charge in [-0.05, 0) is 12.0 Å². The summed E-state index contributed by atoms with van der Waals surface area (Å²) in [5.74, 6) is 0.535. The zero-order chi connectivity index (χ0) is 11.0. The Morgan fingerprint density at radius 2 is 2.00 bits per heavy atom. The van der Waals surface area contributed by atoms with E-state index in [0.29, 0.717) is 16.8 Å². The van der Waals surface area contributed by atoms with Crippen LogP contribution in [0.2, 0.25) is 5.02 Å². The predicted molar refractivity (Wildman–Crippen MR) is 66.6 cm³/mol. The molecule has 82 valence electrons. The Bertz CT molecular complexity index is 353. The Kier molecular flexibility index (Phi) is 3.39. The summed E-state index contributed by atoms with van der Waals surface area (Å²) in [5.41, 5.74) is 1.08. The Hall–Kier alpha value is -0.0500. The lowest BCUT2D eigenvalue weighted by Crippen LogP contribution is -2.46. The molecule has 1 aliphatic rings. The average molecular weight is 290 g/mol. The highest BCUT2D eigenvalue weighted by atomic mass is 79.9. The van der Waals surface area contributed by atoms with Gasteiger partial charge in [-0.25, -0.2) is 0 Å². The Morgan fingerprint density at radius 3 is 2.53 bits per heavy atom. The van der Waals surface area contributed by atoms with Crippen molar-refractivity contribution in [1.29, 1.82) is 0 Å². The number of benzene rings is 1. The van der Waals surface area contributed by atoms with E-state index in [1.807, 2.05) is 24.3 Å². The van der Waals surface area contributed by atoms with E-state index in [-0.39, 0.29) is 6.10 Å². The number of hydrogen-bond donors (Lipinski definition) is 0. The van der Waals surface area contributed by atoms with Gasteiger partial charge in [-0.2, -0.15) is 0 Å². The summed E-state index contributed by atoms with van der Waals surface area (Å²) in [6.45, 7) is 4.34. The molecule has 3 unspecified atom stereocenters. The molecule has 1 heterocycles. The molecule has 15 heavy (non-hydrogen) atoms. The second-order valence-corrected chi connectivity index (χ2v) is 5.70. The molecule has 2 rings (SSSR count). The second-order valence-electron chi connectivity index (χ2n) is 4.23. The first-order valence-electron chi connectivity index (χ1n) is 5.15. The van der Waals surface area contributed by atoms with Crippen molar-refractivity contribution in [3.05, 3.63) is 34.9 Å². The van der Waals surface area contributed by atoms with E-state index < -0.39 is 0 Å². The quantitative estimate of drug-likeness (QED) is 0.742. The standard InChI is InChI=1S/C12H14BrClO/c1-7(2)11-10(13)12(15-11)8-5-3-4-6-9(8)14/h3-7,10-12H,1-2H3. The minimum atomic E-state index is 0.103. The molecule has 0 bridgehead atoms. The Morgan fingerprint density at radius 1 is 1.33 bits per heavy atom. The molecule has 1 saturated heterocycles. The lowest BCUT2D eigenvalue weighted by molar-refractivity contribution is -0.136. The molecule has 3 atom stereocenters. The van der Waals surface area contributed by atoms with E-state index in [2.05, 4.69) is 29.8 Å². The summed E-state index contributed by atoms with van der Waals surface area (Å²) in [4.78, 5) is 0.373. The molecule has 1 fully saturated rings. The summed E-state index contributed by atoms with van der Waals surface area (Å²) in [6, 6.07) is 7.86. The van der Waals surface area contributed by atoms with Crippen LogP contribution in [0.5, 0.6) is 0 Å². The summed E-state index contributed by atoms with van der Waals surface area (Å²) in [6.07, 6.45) is 0.400. The third kappa shape index (κ3) is 2.08. The third-order valence-corrected chi connectivity index (χ3v) is 4.12. The molecule has 0 N–H and O–H groups in total. The second kappa shape index (κ2) is 4.44. The summed E-state index contributed by atoms with van der Waals surface area (Å²) >= 11 is 9.80. The van der Waals surface area contributed by atoms with E-state index in [1.165, 1.54) is 0 Å². The summed E-state index contributed by atoms with van der Waals surface area (Å²) < 4.78 is 5.85. The van der Waals surface area contributed by atoms with Crippen LogP contribution < -0.4 is 0 Å². The molecule has 1 nitrogen and oxygen atoms in total. The number of rotatable bonds is 2. The normalized spacial score (nSPS) is 30.3. The van der Waals surface area contributed by atoms with Gasteiger partial charge in [0.05, 0.1) is 17.0 Å². The van der Waals surface area contributed by atoms with Crippen LogP contribution in [0.15, 0.2) is 24.3 Å². The minimum absolute atomic E-state index is 0.103. The lowest BCUT2D eigenvalue weighted by Gasteiger charge is -2.44. The first-order chi connectivity index (χ1) is 7.11. The van der Waals surface area contributed by atoms with Gasteiger partial charge in [-0.3, -0.25) is 0 Å². The van der Waals surface area contributed by atoms with Gasteiger partial charge >= 0.3 is 0 Å². The Labute approximate surface area is 104 Å². The topological polar surface area (TPSA) is 9.23 Å². The van der Waals surface area contributed by atoms with Gasteiger partial charge in [0.25, 0.3) is 0 Å². The van der Waals surface area contributed by atoms with Crippen molar-refractivity contribution in [1.82, 2.24) is 0 Å². The van der Waals surface area contributed by atoms with Crippen molar-refractivity contribution < 1.29 is 4.74 Å². The van der Waals surface area contributed by atoms with Crippen LogP contribution >= 0.6 is 27.5 Å². The first kappa shape index (κ1) is 11.4. The van der Waals surface area contributed by atoms with Crippen molar-refractivity contribution in [3.8, 4) is 0 Å². The van der Waals surface area contributed by atoms with Gasteiger partial charge in [0.15, 0.2) is 0 Å². The fourth-order valence-corrected chi connectivity index (χ4v) is 3.27. The van der Waals surface area contributed by atoms with Crippen molar-refractivity contribution in [2.45, 2.75) is 30.9 Å². The first-order valence-corrected chi connectivity index (χ1v) is 6.44. The van der Waals surface area contributed by atoms with Gasteiger partial charge in [0.2, 0.25) is 0 Å². The van der Waals surface area contributed by atoms with E-state index >= 15 is 0 Å². The number of alkyl halides is 1. The molecule has 1 aromatic rings. The van der Waals surface area contributed by atoms with Crippen LogP contribution in [0.1, 0.15) is 25.5 Å². The molecule has 0 amide bonds. The highest BCUT2D eigenvalue weighted by Gasteiger charge is 2.43. The zero-order valence-electron chi connectivity index (χ0n) is 8.78. The molecule has 0 spiro atoms. The van der Waals surface area contributed by atoms with Gasteiger partial charge < -0.3 is 4.74 Å². The van der Waals surface area contributed by atoms with E-state index in [0.717, 1.165) is 10.6 Å². The average Bonchev–Trinajstić information content (AvgIpc) is 2.18. The minimum Gasteiger partial charge on any atom is -0.367 e. The monoisotopic (exact) mass is 288 g/mol. The molecule has 0 aliphatic carbocycles. The molecule has 0 radical (unpaired) electrons. The number of ether oxygens (including phenoxy) is 1. The van der Waals surface area contributed by atoms with Crippen molar-refractivity contribution in [2.75, 3.05) is 0 Å². The van der Waals surface area contributed by atoms with Gasteiger partial charge in [-0.15, -0.1) is 0 Å². The highest BCUT2D eigenvalue weighted by Crippen LogP contribution is 2.45. The maximum Gasteiger partial charge on any atom is 0.0993 e. The maximum absolute atomic E-state index is 6.12. The number of halogens is 2. The largest absolute Gasteiger partial charge is 0.367 e. The van der Waals surface area contributed by atoms with Crippen molar-refractivity contribution >= 4 is 27.5 Å². The van der Waals surface area contributed by atoms with E-state index in [1.54, 1.807) is 0 Å². The fourth-order valence-electron chi connectivity index (χ4n) is 1.88. The van der Waals surface area contributed by atoms with Gasteiger partial charge in [0.1, 0.15) is 0 Å². The third-order valence-electron chi connectivity index (χ3n) is 2.78. The van der Waals surface area contributed by atoms with Crippen LogP contribution in [-0.4, -0.2) is 10.9 Å². The van der Waals surface area contributed by atoms with Crippen molar-refractivity contribution in [2.24, 2.45) is 5.92 Å². The highest BCUT2D eigenvalue weighted by molar-refractivity contribution is 9.09. The number of hydrogen-bond acceptors (Lipinski definition) is 1. The van der Waals surface area contributed by atoms with Crippen LogP contribution in [0.3, 0.4) is 0 Å². The van der Waals surface area contributed by atoms with Crippen LogP contribution in [0, 0.1) is 5.92 Å². The zero-order valence-corrected chi connectivity index (χ0v) is 11.1. The molecule has 0 saturated carbocycles. The summed E-state index contributed by atoms with van der Waals surface area (Å²) in [5, 5.41) is 0.786. The smallest absolute Gasteiger partial charge is 0.0993 e. The van der Waals surface area contributed by atoms with Crippen LogP contribution in [0.4, 0.5) is 0 Å². The van der Waals surface area contributed by atoms with Gasteiger partial charge in [0, 0.05) is 10.6 Å². The fraction of sp³-hybridized carbons (Fsp3) is 0.500. The van der Waals surface area contributed by atoms with Gasteiger partial charge in [-0.1, -0.05) is 59.6 Å². The SMILES string of the molecule is CC(C)C1OC(c2ccccc2Cl)C1Br. The van der Waals surface area contributed by atoms with Crippen LogP contribution in [0.25, 0.3) is 0 Å². The Balaban J connectivity index is 2.13. The maximum atomic E-state index is 6.12. The molecular formula is C12H14BrClO. The molecular weight excluding hydrogens is 275 g/mol. The summed E-state index contributed by atoms with van der Waals surface area (Å²) in [7, 11) is 0. The van der Waals surface area contributed by atoms with Crippen molar-refractivity contribution in [3.63, 3.8) is 0 Å². The van der Waals surface area contributed by atoms with Crippen LogP contribution in [-0.2, 0) is 4.74 Å². The van der Waals surface area contributed by atoms with E-state index in [9.17, 15) is 0 Å². The molecule has 0 aromatic heterocycles. The molecule has 1 aromatic carbocycles. The van der Waals surface area contributed by atoms with E-state index in [4.69, 9.17) is 16.3 Å².